The summed E-state index contributed by atoms with van der Waals surface area (Å²) in [5, 5.41) is 6.15. The molecule has 0 aromatic carbocycles. The molecule has 0 aliphatic carbocycles. The lowest BCUT2D eigenvalue weighted by Gasteiger charge is -2.19. The molecule has 150 valence electrons. The van der Waals surface area contributed by atoms with Gasteiger partial charge in [-0.25, -0.2) is 22.7 Å². The summed E-state index contributed by atoms with van der Waals surface area (Å²) in [6, 6.07) is 0. The standard InChI is InChI=1S/C17H33N5O3S/c1-7-18-16(19-10-11-26(23,24)22(8-2)9-3)21-13-15-20-12-14(25-15)17(4,5)6/h12H,7-11,13H2,1-6H3,(H2,18,19,21). The van der Waals surface area contributed by atoms with Gasteiger partial charge in [-0.3, -0.25) is 0 Å². The van der Waals surface area contributed by atoms with Crippen molar-refractivity contribution in [3.8, 4) is 0 Å². The second-order valence-corrected chi connectivity index (χ2v) is 8.98. The molecule has 8 nitrogen and oxygen atoms in total. The zero-order valence-electron chi connectivity index (χ0n) is 16.8. The normalized spacial score (nSPS) is 13.3. The summed E-state index contributed by atoms with van der Waals surface area (Å²) in [7, 11) is -3.26. The number of aliphatic imine (C=N–C) groups is 1. The van der Waals surface area contributed by atoms with Crippen LogP contribution >= 0.6 is 0 Å². The van der Waals surface area contributed by atoms with Crippen LogP contribution in [0, 0.1) is 0 Å². The maximum Gasteiger partial charge on any atom is 0.216 e. The molecule has 0 fully saturated rings. The van der Waals surface area contributed by atoms with E-state index in [2.05, 4.69) is 41.4 Å². The number of sulfonamides is 1. The van der Waals surface area contributed by atoms with Gasteiger partial charge in [0.05, 0.1) is 11.9 Å². The van der Waals surface area contributed by atoms with Crippen molar-refractivity contribution in [1.82, 2.24) is 19.9 Å². The highest BCUT2D eigenvalue weighted by Crippen LogP contribution is 2.22. The Hall–Kier alpha value is -1.61. The zero-order valence-corrected chi connectivity index (χ0v) is 17.6. The third kappa shape index (κ3) is 6.95. The fourth-order valence-corrected chi connectivity index (χ4v) is 3.67. The second kappa shape index (κ2) is 9.91. The van der Waals surface area contributed by atoms with Gasteiger partial charge in [-0.15, -0.1) is 0 Å². The van der Waals surface area contributed by atoms with Crippen molar-refractivity contribution in [2.45, 2.75) is 53.5 Å². The Balaban J connectivity index is 2.65. The van der Waals surface area contributed by atoms with Crippen molar-refractivity contribution in [2.75, 3.05) is 31.9 Å². The summed E-state index contributed by atoms with van der Waals surface area (Å²) in [4.78, 5) is 8.66. The van der Waals surface area contributed by atoms with E-state index in [4.69, 9.17) is 4.42 Å². The molecular formula is C17H33N5O3S. The van der Waals surface area contributed by atoms with E-state index in [0.29, 0.717) is 31.5 Å². The van der Waals surface area contributed by atoms with Gasteiger partial charge in [0, 0.05) is 31.6 Å². The van der Waals surface area contributed by atoms with Gasteiger partial charge in [-0.2, -0.15) is 0 Å². The van der Waals surface area contributed by atoms with Crippen LogP contribution < -0.4 is 10.6 Å². The Morgan fingerprint density at radius 1 is 1.23 bits per heavy atom. The summed E-state index contributed by atoms with van der Waals surface area (Å²) in [6.45, 7) is 14.0. The highest BCUT2D eigenvalue weighted by molar-refractivity contribution is 7.89. The van der Waals surface area contributed by atoms with Crippen molar-refractivity contribution in [1.29, 1.82) is 0 Å². The molecule has 0 bridgehead atoms. The molecule has 9 heteroatoms. The van der Waals surface area contributed by atoms with E-state index in [1.807, 2.05) is 20.8 Å². The molecule has 26 heavy (non-hydrogen) atoms. The van der Waals surface area contributed by atoms with Gasteiger partial charge in [0.25, 0.3) is 0 Å². The van der Waals surface area contributed by atoms with E-state index in [0.717, 1.165) is 5.76 Å². The number of hydrogen-bond acceptors (Lipinski definition) is 5. The molecule has 1 rings (SSSR count). The predicted molar refractivity (Wildman–Crippen MR) is 105 cm³/mol. The zero-order chi connectivity index (χ0) is 19.8. The molecule has 0 unspecified atom stereocenters. The second-order valence-electron chi connectivity index (χ2n) is 6.89. The van der Waals surface area contributed by atoms with Crippen LogP contribution in [-0.2, 0) is 22.0 Å². The van der Waals surface area contributed by atoms with E-state index in [1.54, 1.807) is 6.20 Å². The minimum atomic E-state index is -3.26. The molecule has 0 amide bonds. The van der Waals surface area contributed by atoms with Crippen molar-refractivity contribution in [3.63, 3.8) is 0 Å². The van der Waals surface area contributed by atoms with Crippen LogP contribution in [0.25, 0.3) is 0 Å². The van der Waals surface area contributed by atoms with Crippen molar-refractivity contribution in [2.24, 2.45) is 4.99 Å². The number of guanidine groups is 1. The minimum absolute atomic E-state index is 0.0201. The number of rotatable bonds is 9. The van der Waals surface area contributed by atoms with E-state index < -0.39 is 10.0 Å². The highest BCUT2D eigenvalue weighted by atomic mass is 32.2. The quantitative estimate of drug-likeness (QED) is 0.494. The Labute approximate surface area is 157 Å². The fraction of sp³-hybridized carbons (Fsp3) is 0.765. The van der Waals surface area contributed by atoms with Gasteiger partial charge in [0.15, 0.2) is 5.96 Å². The van der Waals surface area contributed by atoms with E-state index >= 15 is 0 Å². The van der Waals surface area contributed by atoms with Gasteiger partial charge in [0.2, 0.25) is 15.9 Å². The Bertz CT molecular complexity index is 673. The predicted octanol–water partition coefficient (Wildman–Crippen LogP) is 1.70. The van der Waals surface area contributed by atoms with Crippen molar-refractivity contribution < 1.29 is 12.8 Å². The molecule has 2 N–H and O–H groups in total. The average Bonchev–Trinajstić information content (AvgIpc) is 3.02. The van der Waals surface area contributed by atoms with E-state index in [9.17, 15) is 8.42 Å². The summed E-state index contributed by atoms with van der Waals surface area (Å²) in [5.74, 6) is 1.90. The number of nitrogens with one attached hydrogen (secondary N) is 2. The molecule has 0 aliphatic rings. The number of oxazole rings is 1. The maximum absolute atomic E-state index is 12.2. The highest BCUT2D eigenvalue weighted by Gasteiger charge is 2.19. The summed E-state index contributed by atoms with van der Waals surface area (Å²) in [6.07, 6.45) is 1.72. The Morgan fingerprint density at radius 2 is 1.88 bits per heavy atom. The number of aromatic nitrogens is 1. The Morgan fingerprint density at radius 3 is 2.38 bits per heavy atom. The molecule has 0 atom stereocenters. The molecule has 0 saturated carbocycles. The van der Waals surface area contributed by atoms with Crippen LogP contribution in [0.5, 0.6) is 0 Å². The lowest BCUT2D eigenvalue weighted by atomic mass is 9.94. The SMILES string of the molecule is CCNC(=NCc1ncc(C(C)(C)C)o1)NCCS(=O)(=O)N(CC)CC. The Kier molecular flexibility index (Phi) is 8.55. The first-order valence-electron chi connectivity index (χ1n) is 9.09. The molecule has 1 aromatic heterocycles. The van der Waals surface area contributed by atoms with Gasteiger partial charge in [0.1, 0.15) is 12.3 Å². The third-order valence-corrected chi connectivity index (χ3v) is 5.78. The molecule has 1 heterocycles. The van der Waals surface area contributed by atoms with Gasteiger partial charge < -0.3 is 15.1 Å². The van der Waals surface area contributed by atoms with Gasteiger partial charge in [-0.05, 0) is 6.92 Å². The molecular weight excluding hydrogens is 354 g/mol. The minimum Gasteiger partial charge on any atom is -0.443 e. The number of nitrogens with zero attached hydrogens (tertiary/aromatic N) is 3. The third-order valence-electron chi connectivity index (χ3n) is 3.76. The first kappa shape index (κ1) is 22.4. The topological polar surface area (TPSA) is 99.8 Å². The summed E-state index contributed by atoms with van der Waals surface area (Å²) < 4.78 is 31.6. The van der Waals surface area contributed by atoms with Crippen LogP contribution in [0.2, 0.25) is 0 Å². The molecule has 0 spiro atoms. The monoisotopic (exact) mass is 387 g/mol. The number of hydrogen-bond donors (Lipinski definition) is 2. The van der Waals surface area contributed by atoms with Crippen LogP contribution in [0.15, 0.2) is 15.6 Å². The molecule has 0 radical (unpaired) electrons. The summed E-state index contributed by atoms with van der Waals surface area (Å²) >= 11 is 0. The van der Waals surface area contributed by atoms with Crippen LogP contribution in [0.3, 0.4) is 0 Å². The average molecular weight is 388 g/mol. The van der Waals surface area contributed by atoms with Crippen LogP contribution in [0.1, 0.15) is 53.2 Å². The fourth-order valence-electron chi connectivity index (χ4n) is 2.26. The largest absolute Gasteiger partial charge is 0.443 e. The maximum atomic E-state index is 12.2. The first-order chi connectivity index (χ1) is 12.1. The van der Waals surface area contributed by atoms with Crippen molar-refractivity contribution >= 4 is 16.0 Å². The first-order valence-corrected chi connectivity index (χ1v) is 10.7. The van der Waals surface area contributed by atoms with E-state index in [1.165, 1.54) is 4.31 Å². The molecule has 1 aromatic rings. The van der Waals surface area contributed by atoms with E-state index in [-0.39, 0.29) is 24.3 Å². The summed E-state index contributed by atoms with van der Waals surface area (Å²) in [5.41, 5.74) is -0.101. The van der Waals surface area contributed by atoms with Crippen molar-refractivity contribution in [3.05, 3.63) is 17.8 Å². The lowest BCUT2D eigenvalue weighted by Crippen LogP contribution is -2.42. The van der Waals surface area contributed by atoms with Gasteiger partial charge in [-0.1, -0.05) is 34.6 Å². The van der Waals surface area contributed by atoms with Crippen LogP contribution in [-0.4, -0.2) is 55.6 Å². The van der Waals surface area contributed by atoms with Gasteiger partial charge >= 0.3 is 0 Å². The lowest BCUT2D eigenvalue weighted by molar-refractivity contribution is 0.383. The molecule has 0 aliphatic heterocycles. The molecule has 0 saturated heterocycles. The smallest absolute Gasteiger partial charge is 0.216 e. The van der Waals surface area contributed by atoms with Crippen LogP contribution in [0.4, 0.5) is 0 Å².